The number of hydrogen-bond donors (Lipinski definition) is 1. The number of nitrogens with zero attached hydrogens (tertiary/aromatic N) is 2. The number of nitrogens with one attached hydrogen (secondary N) is 1. The Labute approximate surface area is 202 Å². The first-order valence-corrected chi connectivity index (χ1v) is 13.3. The fraction of sp³-hybridized carbons (Fsp3) is 0.440. The van der Waals surface area contributed by atoms with Gasteiger partial charge >= 0.3 is 0 Å². The summed E-state index contributed by atoms with van der Waals surface area (Å²) in [6.45, 7) is 5.66. The van der Waals surface area contributed by atoms with Gasteiger partial charge in [0.15, 0.2) is 0 Å². The number of halogens is 1. The second-order valence-electron chi connectivity index (χ2n) is 8.27. The molecule has 7 nitrogen and oxygen atoms in total. The summed E-state index contributed by atoms with van der Waals surface area (Å²) < 4.78 is 39.7. The van der Waals surface area contributed by atoms with E-state index in [1.54, 1.807) is 50.2 Å². The summed E-state index contributed by atoms with van der Waals surface area (Å²) in [6.07, 6.45) is 3.11. The lowest BCUT2D eigenvalue weighted by Gasteiger charge is -2.33. The van der Waals surface area contributed by atoms with Crippen molar-refractivity contribution < 1.29 is 22.4 Å². The van der Waals surface area contributed by atoms with E-state index < -0.39 is 34.3 Å². The van der Waals surface area contributed by atoms with Crippen LogP contribution in [0.25, 0.3) is 0 Å². The van der Waals surface area contributed by atoms with Gasteiger partial charge in [-0.25, -0.2) is 12.8 Å². The van der Waals surface area contributed by atoms with Gasteiger partial charge in [0.05, 0.1) is 11.9 Å². The monoisotopic (exact) mass is 491 g/mol. The number of benzene rings is 2. The average Bonchev–Trinajstić information content (AvgIpc) is 2.78. The van der Waals surface area contributed by atoms with Crippen LogP contribution in [0.1, 0.15) is 44.2 Å². The fourth-order valence-corrected chi connectivity index (χ4v) is 4.56. The van der Waals surface area contributed by atoms with E-state index in [9.17, 15) is 22.4 Å². The molecule has 0 saturated heterocycles. The molecule has 0 unspecified atom stereocenters. The molecular formula is C25H34FN3O4S. The lowest BCUT2D eigenvalue weighted by molar-refractivity contribution is -0.140. The van der Waals surface area contributed by atoms with E-state index in [-0.39, 0.29) is 12.5 Å². The van der Waals surface area contributed by atoms with Crippen LogP contribution < -0.4 is 9.62 Å². The number of unbranched alkanes of at least 4 members (excludes halogenated alkanes) is 1. The SMILES string of the molecule is CCCCNC(=O)[C@H](CC)N(Cc1ccc(F)cc1)C(=O)CN(c1ccccc1C)S(C)(=O)=O. The molecule has 1 atom stereocenters. The first-order chi connectivity index (χ1) is 16.1. The van der Waals surface area contributed by atoms with Crippen LogP contribution in [0.5, 0.6) is 0 Å². The van der Waals surface area contributed by atoms with Gasteiger partial charge in [-0.15, -0.1) is 0 Å². The zero-order chi connectivity index (χ0) is 25.3. The zero-order valence-electron chi connectivity index (χ0n) is 20.3. The molecule has 1 N–H and O–H groups in total. The third-order valence-electron chi connectivity index (χ3n) is 5.54. The molecule has 2 amide bonds. The van der Waals surface area contributed by atoms with Gasteiger partial charge in [0.2, 0.25) is 21.8 Å². The summed E-state index contributed by atoms with van der Waals surface area (Å²) in [5.41, 5.74) is 1.74. The maximum Gasteiger partial charge on any atom is 0.244 e. The lowest BCUT2D eigenvalue weighted by Crippen LogP contribution is -2.52. The quantitative estimate of drug-likeness (QED) is 0.460. The fourth-order valence-electron chi connectivity index (χ4n) is 3.65. The summed E-state index contributed by atoms with van der Waals surface area (Å²) >= 11 is 0. The Morgan fingerprint density at radius 3 is 2.26 bits per heavy atom. The van der Waals surface area contributed by atoms with Crippen molar-refractivity contribution in [1.82, 2.24) is 10.2 Å². The van der Waals surface area contributed by atoms with Gasteiger partial charge in [0.25, 0.3) is 0 Å². The molecule has 0 radical (unpaired) electrons. The van der Waals surface area contributed by atoms with Crippen molar-refractivity contribution in [3.8, 4) is 0 Å². The van der Waals surface area contributed by atoms with Crippen LogP contribution in [0, 0.1) is 12.7 Å². The Bertz CT molecular complexity index is 1070. The molecule has 2 rings (SSSR count). The summed E-state index contributed by atoms with van der Waals surface area (Å²) in [7, 11) is -3.78. The highest BCUT2D eigenvalue weighted by atomic mass is 32.2. The number of aryl methyl sites for hydroxylation is 1. The van der Waals surface area contributed by atoms with Crippen molar-refractivity contribution in [2.45, 2.75) is 52.6 Å². The number of anilines is 1. The Morgan fingerprint density at radius 1 is 1.06 bits per heavy atom. The van der Waals surface area contributed by atoms with Crippen LogP contribution in [0.2, 0.25) is 0 Å². The highest BCUT2D eigenvalue weighted by molar-refractivity contribution is 7.92. The predicted octanol–water partition coefficient (Wildman–Crippen LogP) is 3.62. The van der Waals surface area contributed by atoms with E-state index in [1.165, 1.54) is 17.0 Å². The topological polar surface area (TPSA) is 86.8 Å². The Kier molecular flexibility index (Phi) is 10.0. The molecule has 0 fully saturated rings. The Morgan fingerprint density at radius 2 is 1.71 bits per heavy atom. The smallest absolute Gasteiger partial charge is 0.244 e. The standard InChI is InChI=1S/C25H34FN3O4S/c1-5-7-16-27-25(31)22(6-2)28(17-20-12-14-21(26)15-13-20)24(30)18-29(34(4,32)33)23-11-9-8-10-19(23)3/h8-15,22H,5-7,16-18H2,1-4H3,(H,27,31)/t22-/m0/s1. The number of carbonyl (C=O) groups is 2. The number of carbonyl (C=O) groups excluding carboxylic acids is 2. The Balaban J connectivity index is 2.40. The van der Waals surface area contributed by atoms with Crippen molar-refractivity contribution in [2.24, 2.45) is 0 Å². The van der Waals surface area contributed by atoms with Gasteiger partial charge in [-0.1, -0.05) is 50.6 Å². The van der Waals surface area contributed by atoms with Gasteiger partial charge in [-0.3, -0.25) is 13.9 Å². The minimum absolute atomic E-state index is 0.0458. The highest BCUT2D eigenvalue weighted by Gasteiger charge is 2.31. The van der Waals surface area contributed by atoms with E-state index in [2.05, 4.69) is 5.32 Å². The molecule has 0 heterocycles. The minimum atomic E-state index is -3.78. The molecule has 0 spiro atoms. The van der Waals surface area contributed by atoms with Crippen LogP contribution in [0.15, 0.2) is 48.5 Å². The molecule has 2 aromatic rings. The van der Waals surface area contributed by atoms with Gasteiger partial charge in [0.1, 0.15) is 18.4 Å². The third kappa shape index (κ3) is 7.55. The first kappa shape index (κ1) is 27.3. The third-order valence-corrected chi connectivity index (χ3v) is 6.67. The van der Waals surface area contributed by atoms with Crippen molar-refractivity contribution >= 4 is 27.5 Å². The number of para-hydroxylation sites is 1. The largest absolute Gasteiger partial charge is 0.354 e. The maximum atomic E-state index is 13.6. The molecule has 0 aliphatic heterocycles. The van der Waals surface area contributed by atoms with Crippen LogP contribution in [0.4, 0.5) is 10.1 Å². The summed E-state index contributed by atoms with van der Waals surface area (Å²) in [5, 5.41) is 2.86. The van der Waals surface area contributed by atoms with E-state index in [1.807, 2.05) is 6.92 Å². The lowest BCUT2D eigenvalue weighted by atomic mass is 10.1. The second-order valence-corrected chi connectivity index (χ2v) is 10.2. The van der Waals surface area contributed by atoms with Crippen LogP contribution >= 0.6 is 0 Å². The molecule has 0 bridgehead atoms. The molecule has 0 aromatic heterocycles. The number of rotatable bonds is 12. The van der Waals surface area contributed by atoms with Gasteiger partial charge < -0.3 is 10.2 Å². The van der Waals surface area contributed by atoms with Crippen molar-refractivity contribution in [3.63, 3.8) is 0 Å². The van der Waals surface area contributed by atoms with Crippen molar-refractivity contribution in [1.29, 1.82) is 0 Å². The van der Waals surface area contributed by atoms with Gasteiger partial charge in [-0.2, -0.15) is 0 Å². The maximum absolute atomic E-state index is 13.6. The highest BCUT2D eigenvalue weighted by Crippen LogP contribution is 2.23. The molecule has 2 aromatic carbocycles. The van der Waals surface area contributed by atoms with E-state index >= 15 is 0 Å². The molecular weight excluding hydrogens is 457 g/mol. The zero-order valence-corrected chi connectivity index (χ0v) is 21.1. The predicted molar refractivity (Wildman–Crippen MR) is 132 cm³/mol. The molecule has 0 aliphatic carbocycles. The average molecular weight is 492 g/mol. The number of hydrogen-bond acceptors (Lipinski definition) is 4. The minimum Gasteiger partial charge on any atom is -0.354 e. The number of sulfonamides is 1. The molecule has 34 heavy (non-hydrogen) atoms. The normalized spacial score (nSPS) is 12.1. The van der Waals surface area contributed by atoms with Crippen LogP contribution in [-0.2, 0) is 26.2 Å². The van der Waals surface area contributed by atoms with Crippen molar-refractivity contribution in [3.05, 3.63) is 65.5 Å². The van der Waals surface area contributed by atoms with Crippen LogP contribution in [-0.4, -0.2) is 50.5 Å². The number of amides is 2. The van der Waals surface area contributed by atoms with Crippen LogP contribution in [0.3, 0.4) is 0 Å². The summed E-state index contributed by atoms with van der Waals surface area (Å²) in [6, 6.07) is 11.8. The van der Waals surface area contributed by atoms with Gasteiger partial charge in [-0.05, 0) is 49.1 Å². The molecule has 0 aliphatic rings. The van der Waals surface area contributed by atoms with E-state index in [0.717, 1.165) is 23.4 Å². The van der Waals surface area contributed by atoms with Gasteiger partial charge in [0, 0.05) is 13.1 Å². The Hall–Kier alpha value is -2.94. The van der Waals surface area contributed by atoms with E-state index in [0.29, 0.717) is 29.8 Å². The molecule has 186 valence electrons. The second kappa shape index (κ2) is 12.5. The summed E-state index contributed by atoms with van der Waals surface area (Å²) in [5.74, 6) is -1.22. The van der Waals surface area contributed by atoms with E-state index in [4.69, 9.17) is 0 Å². The van der Waals surface area contributed by atoms with Crippen molar-refractivity contribution in [2.75, 3.05) is 23.7 Å². The first-order valence-electron chi connectivity index (χ1n) is 11.4. The summed E-state index contributed by atoms with van der Waals surface area (Å²) in [4.78, 5) is 27.9. The molecule has 0 saturated carbocycles. The molecule has 9 heteroatoms.